The molecule has 1 heterocycles. The number of halogens is 1. The van der Waals surface area contributed by atoms with Gasteiger partial charge in [-0.2, -0.15) is 0 Å². The first-order valence-electron chi connectivity index (χ1n) is 6.50. The second kappa shape index (κ2) is 5.84. The van der Waals surface area contributed by atoms with Crippen LogP contribution in [0, 0.1) is 5.82 Å². The predicted octanol–water partition coefficient (Wildman–Crippen LogP) is 1.99. The summed E-state index contributed by atoms with van der Waals surface area (Å²) in [5.41, 5.74) is 7.29. The van der Waals surface area contributed by atoms with Gasteiger partial charge in [0.25, 0.3) is 0 Å². The Balaban J connectivity index is 2.28. The molecule has 1 aromatic rings. The monoisotopic (exact) mass is 281 g/mol. The van der Waals surface area contributed by atoms with Crippen molar-refractivity contribution in [2.45, 2.75) is 18.9 Å². The van der Waals surface area contributed by atoms with Crippen LogP contribution in [-0.4, -0.2) is 43.1 Å². The average Bonchev–Trinajstić information content (AvgIpc) is 2.38. The number of hydrogen-bond donors (Lipinski definition) is 1. The summed E-state index contributed by atoms with van der Waals surface area (Å²) < 4.78 is 13.3. The number of thiocarbonyl (C=S) groups is 1. The smallest absolute Gasteiger partial charge is 0.124 e. The van der Waals surface area contributed by atoms with Crippen molar-refractivity contribution in [3.8, 4) is 0 Å². The third-order valence-corrected chi connectivity index (χ3v) is 3.91. The second-order valence-electron chi connectivity index (χ2n) is 5.23. The summed E-state index contributed by atoms with van der Waals surface area (Å²) >= 11 is 5.03. The first kappa shape index (κ1) is 14.2. The minimum atomic E-state index is -0.298. The lowest BCUT2D eigenvalue weighted by atomic mass is 10.0. The molecule has 2 rings (SSSR count). The van der Waals surface area contributed by atoms with Crippen LogP contribution in [0.25, 0.3) is 0 Å². The van der Waals surface area contributed by atoms with E-state index in [4.69, 9.17) is 18.0 Å². The number of piperidine rings is 1. The topological polar surface area (TPSA) is 32.5 Å². The van der Waals surface area contributed by atoms with Crippen molar-refractivity contribution >= 4 is 22.9 Å². The molecule has 1 unspecified atom stereocenters. The maximum absolute atomic E-state index is 13.3. The zero-order valence-corrected chi connectivity index (χ0v) is 12.2. The summed E-state index contributed by atoms with van der Waals surface area (Å²) in [5.74, 6) is -0.298. The number of anilines is 1. The van der Waals surface area contributed by atoms with E-state index in [1.54, 1.807) is 6.07 Å². The van der Waals surface area contributed by atoms with Crippen molar-refractivity contribution in [2.75, 3.05) is 32.1 Å². The lowest BCUT2D eigenvalue weighted by Crippen LogP contribution is -2.45. The third-order valence-electron chi connectivity index (χ3n) is 3.69. The number of likely N-dealkylation sites (N-methyl/N-ethyl adjacent to an activating group) is 1. The molecule has 104 valence electrons. The molecule has 0 radical (unpaired) electrons. The van der Waals surface area contributed by atoms with Crippen LogP contribution in [0.3, 0.4) is 0 Å². The van der Waals surface area contributed by atoms with Gasteiger partial charge in [0.2, 0.25) is 0 Å². The Labute approximate surface area is 119 Å². The molecule has 0 spiro atoms. The summed E-state index contributed by atoms with van der Waals surface area (Å²) in [7, 11) is 4.18. The Kier molecular flexibility index (Phi) is 4.37. The Morgan fingerprint density at radius 3 is 2.84 bits per heavy atom. The Morgan fingerprint density at radius 2 is 2.21 bits per heavy atom. The molecule has 3 nitrogen and oxygen atoms in total. The molecular formula is C14H20FN3S. The second-order valence-corrected chi connectivity index (χ2v) is 5.67. The van der Waals surface area contributed by atoms with Crippen LogP contribution in [0.4, 0.5) is 10.1 Å². The molecule has 2 N–H and O–H groups in total. The van der Waals surface area contributed by atoms with Gasteiger partial charge in [-0.3, -0.25) is 0 Å². The highest BCUT2D eigenvalue weighted by atomic mass is 32.1. The van der Waals surface area contributed by atoms with E-state index in [1.807, 2.05) is 0 Å². The van der Waals surface area contributed by atoms with Crippen molar-refractivity contribution in [3.63, 3.8) is 0 Å². The Bertz CT molecular complexity index is 476. The molecule has 1 aliphatic heterocycles. The van der Waals surface area contributed by atoms with Gasteiger partial charge in [0.1, 0.15) is 10.8 Å². The van der Waals surface area contributed by atoms with Crippen LogP contribution in [0.15, 0.2) is 18.2 Å². The predicted molar refractivity (Wildman–Crippen MR) is 81.2 cm³/mol. The molecule has 0 bridgehead atoms. The number of hydrogen-bond acceptors (Lipinski definition) is 3. The third kappa shape index (κ3) is 3.22. The van der Waals surface area contributed by atoms with E-state index in [0.717, 1.165) is 25.2 Å². The van der Waals surface area contributed by atoms with Gasteiger partial charge >= 0.3 is 0 Å². The molecule has 0 amide bonds. The maximum Gasteiger partial charge on any atom is 0.124 e. The van der Waals surface area contributed by atoms with Crippen molar-refractivity contribution < 1.29 is 4.39 Å². The van der Waals surface area contributed by atoms with Crippen LogP contribution in [0.2, 0.25) is 0 Å². The van der Waals surface area contributed by atoms with Crippen molar-refractivity contribution in [1.29, 1.82) is 0 Å². The highest BCUT2D eigenvalue weighted by molar-refractivity contribution is 7.80. The first-order chi connectivity index (χ1) is 8.99. The van der Waals surface area contributed by atoms with Crippen molar-refractivity contribution in [3.05, 3.63) is 29.6 Å². The molecule has 1 saturated heterocycles. The van der Waals surface area contributed by atoms with Crippen LogP contribution in [0.5, 0.6) is 0 Å². The molecule has 5 heteroatoms. The number of rotatable bonds is 3. The summed E-state index contributed by atoms with van der Waals surface area (Å²) in [5, 5.41) is 0. The van der Waals surface area contributed by atoms with E-state index in [1.165, 1.54) is 18.6 Å². The fourth-order valence-electron chi connectivity index (χ4n) is 2.58. The van der Waals surface area contributed by atoms with E-state index in [9.17, 15) is 4.39 Å². The van der Waals surface area contributed by atoms with Gasteiger partial charge in [0, 0.05) is 30.4 Å². The quantitative estimate of drug-likeness (QED) is 0.859. The van der Waals surface area contributed by atoms with E-state index in [2.05, 4.69) is 23.9 Å². The summed E-state index contributed by atoms with van der Waals surface area (Å²) in [6, 6.07) is 5.19. The molecule has 0 aliphatic carbocycles. The minimum Gasteiger partial charge on any atom is -0.389 e. The van der Waals surface area contributed by atoms with Gasteiger partial charge in [-0.05, 0) is 45.1 Å². The van der Waals surface area contributed by atoms with Crippen LogP contribution in [-0.2, 0) is 0 Å². The van der Waals surface area contributed by atoms with Crippen molar-refractivity contribution in [2.24, 2.45) is 5.73 Å². The highest BCUT2D eigenvalue weighted by Crippen LogP contribution is 2.26. The van der Waals surface area contributed by atoms with E-state index < -0.39 is 0 Å². The van der Waals surface area contributed by atoms with E-state index >= 15 is 0 Å². The van der Waals surface area contributed by atoms with E-state index in [0.29, 0.717) is 11.6 Å². The van der Waals surface area contributed by atoms with Crippen molar-refractivity contribution in [1.82, 2.24) is 4.90 Å². The number of nitrogens with zero attached hydrogens (tertiary/aromatic N) is 2. The molecule has 0 aromatic heterocycles. The van der Waals surface area contributed by atoms with Gasteiger partial charge in [-0.15, -0.1) is 0 Å². The van der Waals surface area contributed by atoms with E-state index in [-0.39, 0.29) is 10.8 Å². The highest BCUT2D eigenvalue weighted by Gasteiger charge is 2.23. The van der Waals surface area contributed by atoms with Gasteiger partial charge in [0.05, 0.1) is 0 Å². The minimum absolute atomic E-state index is 0.251. The molecule has 1 atom stereocenters. The van der Waals surface area contributed by atoms with Gasteiger partial charge < -0.3 is 15.5 Å². The normalized spacial score (nSPS) is 19.8. The average molecular weight is 281 g/mol. The van der Waals surface area contributed by atoms with Crippen LogP contribution < -0.4 is 10.6 Å². The fourth-order valence-corrected chi connectivity index (χ4v) is 2.74. The molecule has 1 aliphatic rings. The van der Waals surface area contributed by atoms with Crippen LogP contribution >= 0.6 is 12.2 Å². The molecular weight excluding hydrogens is 261 g/mol. The summed E-state index contributed by atoms with van der Waals surface area (Å²) in [4.78, 5) is 4.74. The zero-order chi connectivity index (χ0) is 14.0. The van der Waals surface area contributed by atoms with Crippen LogP contribution in [0.1, 0.15) is 18.4 Å². The zero-order valence-electron chi connectivity index (χ0n) is 11.4. The standard InChI is InChI=1S/C14H20FN3S/c1-17(2)11-4-3-7-18(9-11)13-6-5-10(15)8-12(13)14(16)19/h5-6,8,11H,3-4,7,9H2,1-2H3,(H2,16,19). The summed E-state index contributed by atoms with van der Waals surface area (Å²) in [6.45, 7) is 1.89. The Hall–Kier alpha value is -1.20. The molecule has 1 aromatic carbocycles. The van der Waals surface area contributed by atoms with Gasteiger partial charge in [-0.1, -0.05) is 12.2 Å². The van der Waals surface area contributed by atoms with Gasteiger partial charge in [-0.25, -0.2) is 4.39 Å². The fraction of sp³-hybridized carbons (Fsp3) is 0.500. The Morgan fingerprint density at radius 1 is 1.47 bits per heavy atom. The lowest BCUT2D eigenvalue weighted by Gasteiger charge is -2.38. The number of nitrogens with two attached hydrogens (primary N) is 1. The first-order valence-corrected chi connectivity index (χ1v) is 6.90. The number of benzene rings is 1. The largest absolute Gasteiger partial charge is 0.389 e. The SMILES string of the molecule is CN(C)C1CCCN(c2ccc(F)cc2C(N)=S)C1. The molecule has 1 fully saturated rings. The van der Waals surface area contributed by atoms with Gasteiger partial charge in [0.15, 0.2) is 0 Å². The molecule has 0 saturated carbocycles. The maximum atomic E-state index is 13.3. The summed E-state index contributed by atoms with van der Waals surface area (Å²) in [6.07, 6.45) is 2.31. The molecule has 19 heavy (non-hydrogen) atoms. The lowest BCUT2D eigenvalue weighted by molar-refractivity contribution is 0.258.